The third-order valence-corrected chi connectivity index (χ3v) is 6.93. The number of aromatic nitrogens is 1. The molecule has 0 bridgehead atoms. The van der Waals surface area contributed by atoms with Gasteiger partial charge in [0.1, 0.15) is 0 Å². The molecule has 148 valence electrons. The quantitative estimate of drug-likeness (QED) is 0.727. The number of aryl methyl sites for hydroxylation is 1. The topological polar surface area (TPSA) is 80.6 Å². The summed E-state index contributed by atoms with van der Waals surface area (Å²) < 4.78 is 34.5. The molecular weight excluding hydrogens is 366 g/mol. The number of carbonyl (C=O) groups excluding carboxylic acids is 1. The summed E-state index contributed by atoms with van der Waals surface area (Å²) in [5.41, 5.74) is 0.987. The molecule has 1 fully saturated rings. The molecule has 2 aromatic rings. The minimum Gasteiger partial charge on any atom is -0.385 e. The minimum atomic E-state index is -3.62. The number of hydrogen-bond donors (Lipinski definition) is 1. The molecule has 8 heteroatoms. The molecule has 27 heavy (non-hydrogen) atoms. The van der Waals surface area contributed by atoms with E-state index in [0.717, 1.165) is 17.3 Å². The summed E-state index contributed by atoms with van der Waals surface area (Å²) in [7, 11) is -0.0647. The van der Waals surface area contributed by atoms with E-state index < -0.39 is 10.0 Å². The van der Waals surface area contributed by atoms with Crippen molar-refractivity contribution in [3.8, 4) is 0 Å². The Labute approximate surface area is 160 Å². The Morgan fingerprint density at radius 2 is 2.15 bits per heavy atom. The molecule has 1 N–H and O–H groups in total. The van der Waals surface area contributed by atoms with E-state index in [1.54, 1.807) is 19.2 Å². The van der Waals surface area contributed by atoms with Crippen molar-refractivity contribution in [1.29, 1.82) is 0 Å². The molecule has 3 rings (SSSR count). The number of hydrogen-bond acceptors (Lipinski definition) is 4. The van der Waals surface area contributed by atoms with Crippen molar-refractivity contribution in [2.45, 2.75) is 24.2 Å². The van der Waals surface area contributed by atoms with Gasteiger partial charge in [0.05, 0.1) is 10.8 Å². The van der Waals surface area contributed by atoms with E-state index in [9.17, 15) is 13.2 Å². The van der Waals surface area contributed by atoms with Crippen LogP contribution in [0.25, 0.3) is 10.9 Å². The van der Waals surface area contributed by atoms with Crippen molar-refractivity contribution in [2.75, 3.05) is 33.4 Å². The predicted octanol–water partition coefficient (Wildman–Crippen LogP) is 1.73. The number of rotatable bonds is 7. The van der Waals surface area contributed by atoms with Gasteiger partial charge in [-0.1, -0.05) is 0 Å². The first kappa shape index (κ1) is 19.9. The van der Waals surface area contributed by atoms with Gasteiger partial charge in [-0.05, 0) is 43.5 Å². The maximum absolute atomic E-state index is 13.1. The van der Waals surface area contributed by atoms with Gasteiger partial charge in [-0.3, -0.25) is 4.79 Å². The average Bonchev–Trinajstić information content (AvgIpc) is 3.05. The standard InChI is InChI=1S/C19H27N3O4S/c1-21-11-8-15-13-17(6-7-18(15)21)27(24,25)22-10-3-5-16(14-22)19(23)20-9-4-12-26-2/h6-8,11,13,16H,3-5,9-10,12,14H2,1-2H3,(H,20,23)/t16-/m1/s1. The molecule has 1 aliphatic rings. The SMILES string of the molecule is COCCCNC(=O)[C@@H]1CCCN(S(=O)(=O)c2ccc3c(ccn3C)c2)C1. The maximum Gasteiger partial charge on any atom is 0.243 e. The van der Waals surface area contributed by atoms with Gasteiger partial charge >= 0.3 is 0 Å². The molecule has 0 saturated carbocycles. The molecule has 0 aliphatic carbocycles. The molecule has 0 radical (unpaired) electrons. The normalized spacial score (nSPS) is 18.7. The van der Waals surface area contributed by atoms with E-state index in [4.69, 9.17) is 4.74 Å². The second-order valence-electron chi connectivity index (χ2n) is 6.99. The van der Waals surface area contributed by atoms with Gasteiger partial charge in [0.15, 0.2) is 0 Å². The van der Waals surface area contributed by atoms with Crippen LogP contribution in [0, 0.1) is 5.92 Å². The fourth-order valence-electron chi connectivity index (χ4n) is 3.52. The molecule has 1 amide bonds. The zero-order valence-electron chi connectivity index (χ0n) is 15.8. The first-order valence-corrected chi connectivity index (χ1v) is 10.7. The van der Waals surface area contributed by atoms with Crippen LogP contribution < -0.4 is 5.32 Å². The van der Waals surface area contributed by atoms with Crippen LogP contribution in [0.15, 0.2) is 35.4 Å². The molecule has 1 aromatic carbocycles. The molecule has 1 atom stereocenters. The number of benzene rings is 1. The highest BCUT2D eigenvalue weighted by atomic mass is 32.2. The van der Waals surface area contributed by atoms with Crippen LogP contribution in [0.2, 0.25) is 0 Å². The monoisotopic (exact) mass is 393 g/mol. The van der Waals surface area contributed by atoms with Crippen LogP contribution in [-0.4, -0.2) is 56.5 Å². The number of fused-ring (bicyclic) bond motifs is 1. The van der Waals surface area contributed by atoms with E-state index in [0.29, 0.717) is 32.5 Å². The fourth-order valence-corrected chi connectivity index (χ4v) is 5.08. The summed E-state index contributed by atoms with van der Waals surface area (Å²) in [6, 6.07) is 7.08. The van der Waals surface area contributed by atoms with Gasteiger partial charge in [0, 0.05) is 57.5 Å². The van der Waals surface area contributed by atoms with Gasteiger partial charge in [-0.2, -0.15) is 4.31 Å². The van der Waals surface area contributed by atoms with Crippen molar-refractivity contribution in [2.24, 2.45) is 13.0 Å². The molecule has 0 unspecified atom stereocenters. The first-order valence-electron chi connectivity index (χ1n) is 9.25. The number of sulfonamides is 1. The summed E-state index contributed by atoms with van der Waals surface area (Å²) in [5.74, 6) is -0.388. The van der Waals surface area contributed by atoms with Crippen molar-refractivity contribution in [3.63, 3.8) is 0 Å². The predicted molar refractivity (Wildman–Crippen MR) is 104 cm³/mol. The number of amides is 1. The molecular formula is C19H27N3O4S. The Hall–Kier alpha value is -1.90. The number of nitrogens with zero attached hydrogens (tertiary/aromatic N) is 2. The lowest BCUT2D eigenvalue weighted by Gasteiger charge is -2.31. The average molecular weight is 394 g/mol. The van der Waals surface area contributed by atoms with Crippen LogP contribution in [-0.2, 0) is 26.6 Å². The molecule has 1 saturated heterocycles. The van der Waals surface area contributed by atoms with E-state index >= 15 is 0 Å². The number of ether oxygens (including phenoxy) is 1. The smallest absolute Gasteiger partial charge is 0.243 e. The van der Waals surface area contributed by atoms with E-state index in [1.165, 1.54) is 4.31 Å². The summed E-state index contributed by atoms with van der Waals surface area (Å²) in [4.78, 5) is 12.7. The largest absolute Gasteiger partial charge is 0.385 e. The number of methoxy groups -OCH3 is 1. The number of nitrogens with one attached hydrogen (secondary N) is 1. The summed E-state index contributed by atoms with van der Waals surface area (Å²) in [6.07, 6.45) is 4.04. The van der Waals surface area contributed by atoms with Gasteiger partial charge in [0.2, 0.25) is 15.9 Å². The third kappa shape index (κ3) is 4.34. The zero-order chi connectivity index (χ0) is 19.4. The lowest BCUT2D eigenvalue weighted by Crippen LogP contribution is -2.45. The summed E-state index contributed by atoms with van der Waals surface area (Å²) >= 11 is 0. The van der Waals surface area contributed by atoms with E-state index in [1.807, 2.05) is 29.9 Å². The van der Waals surface area contributed by atoms with Gasteiger partial charge in [0.25, 0.3) is 0 Å². The van der Waals surface area contributed by atoms with Crippen LogP contribution in [0.5, 0.6) is 0 Å². The molecule has 1 aliphatic heterocycles. The number of piperidine rings is 1. The Balaban J connectivity index is 1.70. The lowest BCUT2D eigenvalue weighted by molar-refractivity contribution is -0.126. The highest BCUT2D eigenvalue weighted by molar-refractivity contribution is 7.89. The van der Waals surface area contributed by atoms with Crippen LogP contribution in [0.3, 0.4) is 0 Å². The highest BCUT2D eigenvalue weighted by Gasteiger charge is 2.33. The van der Waals surface area contributed by atoms with Crippen molar-refractivity contribution in [1.82, 2.24) is 14.2 Å². The summed E-state index contributed by atoms with van der Waals surface area (Å²) in [6.45, 7) is 1.81. The Morgan fingerprint density at radius 1 is 1.33 bits per heavy atom. The maximum atomic E-state index is 13.1. The Bertz CT molecular complexity index is 907. The molecule has 0 spiro atoms. The second kappa shape index (κ2) is 8.41. The van der Waals surface area contributed by atoms with Gasteiger partial charge in [-0.15, -0.1) is 0 Å². The van der Waals surface area contributed by atoms with E-state index in [-0.39, 0.29) is 23.3 Å². The van der Waals surface area contributed by atoms with Gasteiger partial charge in [-0.25, -0.2) is 8.42 Å². The minimum absolute atomic E-state index is 0.0792. The molecule has 7 nitrogen and oxygen atoms in total. The Morgan fingerprint density at radius 3 is 2.93 bits per heavy atom. The van der Waals surface area contributed by atoms with Crippen molar-refractivity contribution >= 4 is 26.8 Å². The van der Waals surface area contributed by atoms with Crippen molar-refractivity contribution in [3.05, 3.63) is 30.5 Å². The molecule has 2 heterocycles. The Kier molecular flexibility index (Phi) is 6.18. The van der Waals surface area contributed by atoms with E-state index in [2.05, 4.69) is 5.32 Å². The van der Waals surface area contributed by atoms with Crippen LogP contribution in [0.1, 0.15) is 19.3 Å². The van der Waals surface area contributed by atoms with Gasteiger partial charge < -0.3 is 14.6 Å². The van der Waals surface area contributed by atoms with Crippen LogP contribution >= 0.6 is 0 Å². The van der Waals surface area contributed by atoms with Crippen molar-refractivity contribution < 1.29 is 17.9 Å². The molecule has 1 aromatic heterocycles. The second-order valence-corrected chi connectivity index (χ2v) is 8.92. The zero-order valence-corrected chi connectivity index (χ0v) is 16.7. The third-order valence-electron chi connectivity index (χ3n) is 5.07. The first-order chi connectivity index (χ1) is 12.9. The summed E-state index contributed by atoms with van der Waals surface area (Å²) in [5, 5.41) is 3.77. The number of carbonyl (C=O) groups is 1. The fraction of sp³-hybridized carbons (Fsp3) is 0.526. The highest BCUT2D eigenvalue weighted by Crippen LogP contribution is 2.26. The lowest BCUT2D eigenvalue weighted by atomic mass is 9.99. The van der Waals surface area contributed by atoms with Crippen LogP contribution in [0.4, 0.5) is 0 Å².